The lowest BCUT2D eigenvalue weighted by Gasteiger charge is -2.09. The highest BCUT2D eigenvalue weighted by Gasteiger charge is 2.16. The molecule has 4 nitrogen and oxygen atoms in total. The van der Waals surface area contributed by atoms with Gasteiger partial charge in [0.2, 0.25) is 15.9 Å². The summed E-state index contributed by atoms with van der Waals surface area (Å²) in [4.78, 5) is 0. The first-order chi connectivity index (χ1) is 8.12. The average Bonchev–Trinajstić information content (AvgIpc) is 2.75. The molecule has 2 aliphatic rings. The fourth-order valence-electron chi connectivity index (χ4n) is 1.63. The van der Waals surface area contributed by atoms with Crippen molar-refractivity contribution in [3.63, 3.8) is 0 Å². The Morgan fingerprint density at radius 3 is 2.88 bits per heavy atom. The van der Waals surface area contributed by atoms with Crippen LogP contribution in [0.3, 0.4) is 0 Å². The van der Waals surface area contributed by atoms with E-state index in [4.69, 9.17) is 4.42 Å². The first-order valence-electron chi connectivity index (χ1n) is 5.59. The summed E-state index contributed by atoms with van der Waals surface area (Å²) in [6.07, 6.45) is 2.98. The zero-order valence-electron chi connectivity index (χ0n) is 9.64. The zero-order chi connectivity index (χ0) is 12.3. The third-order valence-corrected chi connectivity index (χ3v) is 3.87. The third kappa shape index (κ3) is 2.79. The van der Waals surface area contributed by atoms with Crippen LogP contribution in [0, 0.1) is 0 Å². The maximum absolute atomic E-state index is 11.8. The molecule has 0 saturated carbocycles. The highest BCUT2D eigenvalue weighted by atomic mass is 32.2. The van der Waals surface area contributed by atoms with Gasteiger partial charge in [-0.2, -0.15) is 0 Å². The largest absolute Gasteiger partial charge is 0.447 e. The predicted molar refractivity (Wildman–Crippen MR) is 67.6 cm³/mol. The van der Waals surface area contributed by atoms with Crippen LogP contribution < -0.4 is 4.72 Å². The van der Waals surface area contributed by atoms with Gasteiger partial charge in [-0.3, -0.25) is 4.72 Å². The molecule has 0 radical (unpaired) electrons. The second-order valence-corrected chi connectivity index (χ2v) is 5.76. The number of nitrogens with one attached hydrogen (secondary N) is 1. The lowest BCUT2D eigenvalue weighted by molar-refractivity contribution is 0.564. The van der Waals surface area contributed by atoms with Gasteiger partial charge in [-0.1, -0.05) is 25.5 Å². The minimum atomic E-state index is -3.31. The van der Waals surface area contributed by atoms with Gasteiger partial charge in [-0.15, -0.1) is 0 Å². The van der Waals surface area contributed by atoms with Gasteiger partial charge in [-0.05, 0) is 24.1 Å². The van der Waals surface area contributed by atoms with E-state index >= 15 is 0 Å². The monoisotopic (exact) mass is 253 g/mol. The molecule has 0 amide bonds. The van der Waals surface area contributed by atoms with Crippen LogP contribution in [0.2, 0.25) is 0 Å². The first kappa shape index (κ1) is 12.0. The van der Waals surface area contributed by atoms with E-state index in [9.17, 15) is 8.42 Å². The van der Waals surface area contributed by atoms with Gasteiger partial charge in [0.15, 0.2) is 0 Å². The number of anilines is 1. The lowest BCUT2D eigenvalue weighted by atomic mass is 10.2. The zero-order valence-corrected chi connectivity index (χ0v) is 10.5. The van der Waals surface area contributed by atoms with Crippen molar-refractivity contribution >= 4 is 15.9 Å². The maximum Gasteiger partial charge on any atom is 0.235 e. The van der Waals surface area contributed by atoms with Gasteiger partial charge in [-0.25, -0.2) is 8.42 Å². The van der Waals surface area contributed by atoms with Crippen molar-refractivity contribution in [2.45, 2.75) is 19.8 Å². The van der Waals surface area contributed by atoms with E-state index in [1.807, 2.05) is 25.1 Å². The highest BCUT2D eigenvalue weighted by Crippen LogP contribution is 2.31. The van der Waals surface area contributed by atoms with Gasteiger partial charge in [0.05, 0.1) is 12.0 Å². The molecule has 1 aliphatic carbocycles. The van der Waals surface area contributed by atoms with Crippen molar-refractivity contribution in [2.24, 2.45) is 0 Å². The predicted octanol–water partition coefficient (Wildman–Crippen LogP) is 2.93. The van der Waals surface area contributed by atoms with Crippen LogP contribution in [0.25, 0.3) is 11.1 Å². The highest BCUT2D eigenvalue weighted by molar-refractivity contribution is 7.92. The summed E-state index contributed by atoms with van der Waals surface area (Å²) in [6, 6.07) is 7.41. The topological polar surface area (TPSA) is 59.3 Å². The molecule has 0 aromatic carbocycles. The molecule has 0 bridgehead atoms. The third-order valence-electron chi connectivity index (χ3n) is 2.54. The minimum Gasteiger partial charge on any atom is -0.447 e. The molecule has 0 aromatic heterocycles. The molecule has 0 saturated heterocycles. The second-order valence-electron chi connectivity index (χ2n) is 3.92. The van der Waals surface area contributed by atoms with Crippen LogP contribution in [0.4, 0.5) is 5.88 Å². The smallest absolute Gasteiger partial charge is 0.235 e. The summed E-state index contributed by atoms with van der Waals surface area (Å²) < 4.78 is 31.2. The molecule has 1 heterocycles. The van der Waals surface area contributed by atoms with Gasteiger partial charge in [0.25, 0.3) is 0 Å². The average molecular weight is 253 g/mol. The summed E-state index contributed by atoms with van der Waals surface area (Å²) in [7, 11) is -3.31. The van der Waals surface area contributed by atoms with E-state index in [1.54, 1.807) is 6.07 Å². The molecule has 0 spiro atoms. The Bertz CT molecular complexity index is 559. The van der Waals surface area contributed by atoms with Crippen LogP contribution in [0.15, 0.2) is 34.9 Å². The number of unbranched alkanes of at least 4 members (excludes halogenated alkanes) is 1. The summed E-state index contributed by atoms with van der Waals surface area (Å²) >= 11 is 0. The van der Waals surface area contributed by atoms with Gasteiger partial charge in [0, 0.05) is 5.56 Å². The molecule has 0 aromatic rings. The molecule has 0 atom stereocenters. The van der Waals surface area contributed by atoms with Crippen LogP contribution >= 0.6 is 0 Å². The maximum atomic E-state index is 11.8. The van der Waals surface area contributed by atoms with Crippen molar-refractivity contribution in [3.8, 4) is 11.1 Å². The molecular weight excluding hydrogens is 238 g/mol. The van der Waals surface area contributed by atoms with E-state index in [1.165, 1.54) is 6.26 Å². The number of rotatable bonds is 5. The van der Waals surface area contributed by atoms with Gasteiger partial charge >= 0.3 is 0 Å². The first-order valence-corrected chi connectivity index (χ1v) is 7.24. The van der Waals surface area contributed by atoms with E-state index < -0.39 is 10.0 Å². The summed E-state index contributed by atoms with van der Waals surface area (Å²) in [5.74, 6) is 0.416. The number of hydrogen-bond donors (Lipinski definition) is 1. The quantitative estimate of drug-likeness (QED) is 0.891. The fourth-order valence-corrected chi connectivity index (χ4v) is 2.84. The summed E-state index contributed by atoms with van der Waals surface area (Å²) in [6.45, 7) is 1.96. The molecule has 1 aliphatic heterocycles. The Hall–Kier alpha value is -1.49. The van der Waals surface area contributed by atoms with Crippen molar-refractivity contribution in [1.82, 2.24) is 0 Å². The van der Waals surface area contributed by atoms with Crippen molar-refractivity contribution in [2.75, 3.05) is 10.5 Å². The Kier molecular flexibility index (Phi) is 3.38. The van der Waals surface area contributed by atoms with E-state index in [0.29, 0.717) is 12.3 Å². The van der Waals surface area contributed by atoms with Crippen LogP contribution in [-0.4, -0.2) is 14.2 Å². The normalized spacial score (nSPS) is 11.8. The van der Waals surface area contributed by atoms with E-state index in [0.717, 1.165) is 17.5 Å². The van der Waals surface area contributed by atoms with Crippen LogP contribution in [-0.2, 0) is 10.0 Å². The fraction of sp³-hybridized carbons (Fsp3) is 0.333. The van der Waals surface area contributed by atoms with Crippen molar-refractivity contribution < 1.29 is 12.8 Å². The SMILES string of the molecule is CCCCS(=O)(=O)Nc1occc2cccc1-2. The van der Waals surface area contributed by atoms with Gasteiger partial charge < -0.3 is 4.42 Å². The lowest BCUT2D eigenvalue weighted by Crippen LogP contribution is -2.16. The Morgan fingerprint density at radius 1 is 1.29 bits per heavy atom. The minimum absolute atomic E-state index is 0.121. The summed E-state index contributed by atoms with van der Waals surface area (Å²) in [5, 5.41) is 0. The molecule has 0 unspecified atom stereocenters. The van der Waals surface area contributed by atoms with E-state index in [-0.39, 0.29) is 5.75 Å². The molecule has 92 valence electrons. The number of hydrogen-bond acceptors (Lipinski definition) is 3. The second kappa shape index (κ2) is 4.79. The Morgan fingerprint density at radius 2 is 2.12 bits per heavy atom. The standard InChI is InChI=1S/C12H15NO3S/c1-2-3-9-17(14,15)13-12-11-6-4-5-10(11)7-8-16-12/h4-8,13H,2-3,9H2,1H3. The molecule has 17 heavy (non-hydrogen) atoms. The van der Waals surface area contributed by atoms with Crippen LogP contribution in [0.1, 0.15) is 19.8 Å². The summed E-state index contributed by atoms with van der Waals surface area (Å²) in [5.41, 5.74) is 1.75. The molecule has 1 N–H and O–H groups in total. The molecular formula is C12H15NO3S. The molecule has 0 fully saturated rings. The number of sulfonamides is 1. The van der Waals surface area contributed by atoms with Crippen molar-refractivity contribution in [3.05, 3.63) is 30.5 Å². The Balaban J connectivity index is 2.22. The van der Waals surface area contributed by atoms with Crippen molar-refractivity contribution in [1.29, 1.82) is 0 Å². The van der Waals surface area contributed by atoms with Gasteiger partial charge in [0.1, 0.15) is 0 Å². The molecule has 5 heteroatoms. The Labute approximate surface area is 101 Å². The van der Waals surface area contributed by atoms with Crippen LogP contribution in [0.5, 0.6) is 0 Å². The number of fused-ring (bicyclic) bond motifs is 1. The van der Waals surface area contributed by atoms with E-state index in [2.05, 4.69) is 4.72 Å². The molecule has 2 rings (SSSR count).